The van der Waals surface area contributed by atoms with Crippen molar-refractivity contribution in [1.82, 2.24) is 14.1 Å². The highest BCUT2D eigenvalue weighted by Crippen LogP contribution is 2.38. The molecule has 0 amide bonds. The molecule has 0 saturated carbocycles. The fourth-order valence-corrected chi connectivity index (χ4v) is 3.11. The van der Waals surface area contributed by atoms with E-state index < -0.39 is 39.0 Å². The Hall–Kier alpha value is -1.66. The van der Waals surface area contributed by atoms with E-state index in [2.05, 4.69) is 9.51 Å². The topological polar surface area (TPSA) is 160 Å². The Labute approximate surface area is 140 Å². The van der Waals surface area contributed by atoms with Gasteiger partial charge in [0.15, 0.2) is 0 Å². The molecule has 3 rings (SSSR count). The minimum absolute atomic E-state index is 0.235. The summed E-state index contributed by atoms with van der Waals surface area (Å²) in [5.74, 6) is 0. The second-order valence-corrected chi connectivity index (χ2v) is 7.04. The minimum Gasteiger partial charge on any atom is -0.387 e. The number of ether oxygens (including phenoxy) is 1. The quantitative estimate of drug-likeness (QED) is 0.328. The number of phosphoric acid groups is 1. The highest BCUT2D eigenvalue weighted by Gasteiger charge is 2.48. The van der Waals surface area contributed by atoms with Crippen LogP contribution in [0.3, 0.4) is 0 Å². The normalized spacial score (nSPS) is 27.3. The van der Waals surface area contributed by atoms with Crippen LogP contribution in [0.25, 0.3) is 11.2 Å². The van der Waals surface area contributed by atoms with Crippen LogP contribution in [0, 0.1) is 0 Å². The molecule has 12 nitrogen and oxygen atoms in total. The summed E-state index contributed by atoms with van der Waals surface area (Å²) >= 11 is 0. The zero-order chi connectivity index (χ0) is 18.5. The van der Waals surface area contributed by atoms with Gasteiger partial charge >= 0.3 is 13.4 Å². The summed E-state index contributed by atoms with van der Waals surface area (Å²) in [6.45, 7) is -0.612. The van der Waals surface area contributed by atoms with Crippen molar-refractivity contribution < 1.29 is 38.4 Å². The van der Waals surface area contributed by atoms with Gasteiger partial charge in [-0.15, -0.1) is 0 Å². The van der Waals surface area contributed by atoms with Crippen molar-refractivity contribution in [3.05, 3.63) is 23.0 Å². The minimum atomic E-state index is -4.74. The van der Waals surface area contributed by atoms with Crippen molar-refractivity contribution in [2.45, 2.75) is 24.5 Å². The number of phosphoric ester groups is 1. The van der Waals surface area contributed by atoms with Gasteiger partial charge in [0.05, 0.1) is 13.7 Å². The van der Waals surface area contributed by atoms with E-state index in [4.69, 9.17) is 14.5 Å². The van der Waals surface area contributed by atoms with E-state index in [0.29, 0.717) is 0 Å². The Kier molecular flexibility index (Phi) is 4.54. The maximum absolute atomic E-state index is 12.2. The third-order valence-corrected chi connectivity index (χ3v) is 4.49. The summed E-state index contributed by atoms with van der Waals surface area (Å²) in [4.78, 5) is 33.9. The van der Waals surface area contributed by atoms with E-state index in [1.165, 1.54) is 26.4 Å². The molecule has 4 atom stereocenters. The van der Waals surface area contributed by atoms with Crippen molar-refractivity contribution in [3.63, 3.8) is 0 Å². The van der Waals surface area contributed by atoms with Crippen molar-refractivity contribution in [2.24, 2.45) is 14.1 Å². The maximum Gasteiger partial charge on any atom is 0.469 e. The molecule has 1 fully saturated rings. The predicted octanol–water partition coefficient (Wildman–Crippen LogP) is -2.71. The van der Waals surface area contributed by atoms with Gasteiger partial charge in [-0.1, -0.05) is 0 Å². The SMILES string of the molecule is Cn1cnc2c(c1=O)[n+](C)cn2[C@@H]1O[C@H](COP(=O)(O)O)[C@@H](O)[C@H]1O. The number of aromatic nitrogens is 4. The first kappa shape index (κ1) is 18.1. The van der Waals surface area contributed by atoms with Crippen LogP contribution < -0.4 is 10.1 Å². The number of aryl methyl sites for hydroxylation is 2. The summed E-state index contributed by atoms with van der Waals surface area (Å²) in [7, 11) is -1.58. The highest BCUT2D eigenvalue weighted by molar-refractivity contribution is 7.46. The molecular weight excluding hydrogens is 359 g/mol. The van der Waals surface area contributed by atoms with Crippen LogP contribution in [-0.4, -0.2) is 59.0 Å². The molecule has 0 bridgehead atoms. The molecule has 3 heterocycles. The first-order valence-electron chi connectivity index (χ1n) is 7.23. The summed E-state index contributed by atoms with van der Waals surface area (Å²) in [5, 5.41) is 20.3. The monoisotopic (exact) mass is 377 g/mol. The Morgan fingerprint density at radius 1 is 1.40 bits per heavy atom. The van der Waals surface area contributed by atoms with Gasteiger partial charge in [-0.2, -0.15) is 9.55 Å². The number of nitrogens with zero attached hydrogens (tertiary/aromatic N) is 4. The Balaban J connectivity index is 1.95. The molecule has 4 N–H and O–H groups in total. The van der Waals surface area contributed by atoms with Gasteiger partial charge < -0.3 is 24.7 Å². The zero-order valence-corrected chi connectivity index (χ0v) is 14.2. The molecule has 2 aromatic rings. The number of hydrogen-bond donors (Lipinski definition) is 4. The number of aliphatic hydroxyl groups is 2. The van der Waals surface area contributed by atoms with Crippen LogP contribution in [0.15, 0.2) is 17.4 Å². The van der Waals surface area contributed by atoms with Crippen LogP contribution in [0.4, 0.5) is 0 Å². The molecule has 1 aliphatic rings. The lowest BCUT2D eigenvalue weighted by molar-refractivity contribution is -0.646. The summed E-state index contributed by atoms with van der Waals surface area (Å²) in [6.07, 6.45) is -2.33. The lowest BCUT2D eigenvalue weighted by Gasteiger charge is -2.14. The molecule has 0 radical (unpaired) electrons. The molecular formula is C12H18N4O8P+. The zero-order valence-electron chi connectivity index (χ0n) is 13.3. The molecule has 0 spiro atoms. The fraction of sp³-hybridized carbons (Fsp3) is 0.583. The van der Waals surface area contributed by atoms with E-state index in [0.717, 1.165) is 0 Å². The standard InChI is InChI=1S/C12H17N4O8P/c1-14-4-13-10-7(11(14)19)15(2)5-16(10)12-9(18)8(17)6(24-12)3-23-25(20,21)22/h4-6,8-9,12,17-18H,3H2,1-2H3,(H-,20,21,22)/p+1/t6-,8-,9-,12-/m1/s1. The van der Waals surface area contributed by atoms with E-state index in [1.807, 2.05) is 0 Å². The Morgan fingerprint density at radius 3 is 2.72 bits per heavy atom. The summed E-state index contributed by atoms with van der Waals surface area (Å²) in [6, 6.07) is 0. The second-order valence-electron chi connectivity index (χ2n) is 5.80. The smallest absolute Gasteiger partial charge is 0.387 e. The number of rotatable bonds is 4. The molecule has 0 aromatic carbocycles. The Bertz CT molecular complexity index is 904. The number of imidazole rings is 1. The van der Waals surface area contributed by atoms with Gasteiger partial charge in [0.1, 0.15) is 24.6 Å². The molecule has 1 saturated heterocycles. The largest absolute Gasteiger partial charge is 0.469 e. The molecule has 0 aliphatic carbocycles. The Morgan fingerprint density at radius 2 is 2.08 bits per heavy atom. The predicted molar refractivity (Wildman–Crippen MR) is 80.1 cm³/mol. The third-order valence-electron chi connectivity index (χ3n) is 4.00. The van der Waals surface area contributed by atoms with Gasteiger partial charge in [-0.25, -0.2) is 9.13 Å². The summed E-state index contributed by atoms with van der Waals surface area (Å²) < 4.78 is 24.8. The molecule has 138 valence electrons. The second kappa shape index (κ2) is 6.25. The van der Waals surface area contributed by atoms with Crippen molar-refractivity contribution in [1.29, 1.82) is 0 Å². The average molecular weight is 377 g/mol. The van der Waals surface area contributed by atoms with Crippen molar-refractivity contribution in [3.8, 4) is 0 Å². The molecule has 0 unspecified atom stereocenters. The average Bonchev–Trinajstić information content (AvgIpc) is 2.99. The van der Waals surface area contributed by atoms with Gasteiger partial charge in [-0.3, -0.25) is 13.9 Å². The lowest BCUT2D eigenvalue weighted by atomic mass is 10.1. The van der Waals surface area contributed by atoms with Crippen LogP contribution in [0.5, 0.6) is 0 Å². The van der Waals surface area contributed by atoms with E-state index in [9.17, 15) is 19.6 Å². The van der Waals surface area contributed by atoms with Crippen molar-refractivity contribution >= 4 is 19.0 Å². The molecule has 13 heteroatoms. The van der Waals surface area contributed by atoms with Crippen LogP contribution in [0.2, 0.25) is 0 Å². The van der Waals surface area contributed by atoms with E-state index in [1.54, 1.807) is 14.1 Å². The maximum atomic E-state index is 12.2. The number of hydrogen-bond acceptors (Lipinski definition) is 7. The number of aliphatic hydroxyl groups excluding tert-OH is 2. The van der Waals surface area contributed by atoms with Gasteiger partial charge in [-0.05, 0) is 0 Å². The van der Waals surface area contributed by atoms with Crippen molar-refractivity contribution in [2.75, 3.05) is 6.61 Å². The fourth-order valence-electron chi connectivity index (χ4n) is 2.77. The molecule has 2 aromatic heterocycles. The third kappa shape index (κ3) is 3.25. The highest BCUT2D eigenvalue weighted by atomic mass is 31.2. The molecule has 1 aliphatic heterocycles. The first-order chi connectivity index (χ1) is 11.6. The molecule has 25 heavy (non-hydrogen) atoms. The van der Waals surface area contributed by atoms with E-state index >= 15 is 0 Å². The van der Waals surface area contributed by atoms with Gasteiger partial charge in [0.25, 0.3) is 11.2 Å². The van der Waals surface area contributed by atoms with Crippen LogP contribution in [0.1, 0.15) is 6.23 Å². The van der Waals surface area contributed by atoms with Crippen LogP contribution >= 0.6 is 7.82 Å². The van der Waals surface area contributed by atoms with E-state index in [-0.39, 0.29) is 16.7 Å². The number of fused-ring (bicyclic) bond motifs is 1. The first-order valence-corrected chi connectivity index (χ1v) is 8.76. The summed E-state index contributed by atoms with van der Waals surface area (Å²) in [5.41, 5.74) is 0.198. The van der Waals surface area contributed by atoms with Crippen LogP contribution in [-0.2, 0) is 27.9 Å². The van der Waals surface area contributed by atoms with Gasteiger partial charge in [0.2, 0.25) is 12.6 Å². The lowest BCUT2D eigenvalue weighted by Crippen LogP contribution is -2.34. The van der Waals surface area contributed by atoms with Gasteiger partial charge in [0, 0.05) is 7.05 Å².